The number of thioether (sulfide) groups is 1. The summed E-state index contributed by atoms with van der Waals surface area (Å²) in [7, 11) is 0. The molecule has 1 aromatic heterocycles. The SMILES string of the molecule is CC(=O)C(Cc1ccccc1)NC(=O)NCc1ccc(C2OC(CSc3ncccc3C(=O)O)C(c3ccccc3)C(c3ccc(CO)cc3)O2)cc1. The third kappa shape index (κ3) is 9.76. The van der Waals surface area contributed by atoms with Gasteiger partial charge < -0.3 is 30.3 Å². The largest absolute Gasteiger partial charge is 0.478 e. The second kappa shape index (κ2) is 17.9. The van der Waals surface area contributed by atoms with Crippen molar-refractivity contribution < 1.29 is 34.1 Å². The Kier molecular flexibility index (Phi) is 12.7. The molecular weight excluding hydrogens is 691 g/mol. The molecule has 4 aromatic carbocycles. The average molecular weight is 732 g/mol. The van der Waals surface area contributed by atoms with E-state index in [2.05, 4.69) is 15.6 Å². The number of Topliss-reactive ketones (excluding diaryl/α,β-unsaturated/α-hetero) is 1. The van der Waals surface area contributed by atoms with Crippen molar-refractivity contribution in [3.63, 3.8) is 0 Å². The number of aliphatic hydroxyl groups is 1. The van der Waals surface area contributed by atoms with Crippen molar-refractivity contribution in [2.24, 2.45) is 0 Å². The molecule has 272 valence electrons. The number of hydrogen-bond donors (Lipinski definition) is 4. The fraction of sp³-hybridized carbons (Fsp3) is 0.238. The summed E-state index contributed by atoms with van der Waals surface area (Å²) < 4.78 is 13.5. The van der Waals surface area contributed by atoms with Gasteiger partial charge in [-0.1, -0.05) is 109 Å². The van der Waals surface area contributed by atoms with Gasteiger partial charge in [-0.3, -0.25) is 4.79 Å². The van der Waals surface area contributed by atoms with Gasteiger partial charge in [0.1, 0.15) is 5.03 Å². The molecule has 0 bridgehead atoms. The molecule has 1 aliphatic heterocycles. The first kappa shape index (κ1) is 37.4. The first-order valence-electron chi connectivity index (χ1n) is 17.3. The lowest BCUT2D eigenvalue weighted by Crippen LogP contribution is -2.46. The topological polar surface area (TPSA) is 147 Å². The standard InChI is InChI=1S/C42H41N3O7S/c1-27(47)35(23-28-9-4-2-5-10-28)45-42(50)44-24-29-14-20-33(21-15-29)41-51-36(26-53-39-34(40(48)49)13-8-22-43-39)37(31-11-6-3-7-12-31)38(52-41)32-18-16-30(25-46)17-19-32/h2-22,35-38,41,46H,23-26H2,1H3,(H,48,49)(H2,44,45,50). The Morgan fingerprint density at radius 2 is 1.43 bits per heavy atom. The molecule has 10 nitrogen and oxygen atoms in total. The van der Waals surface area contributed by atoms with Gasteiger partial charge in [-0.25, -0.2) is 14.6 Å². The highest BCUT2D eigenvalue weighted by atomic mass is 32.2. The maximum Gasteiger partial charge on any atom is 0.338 e. The molecule has 5 aromatic rings. The molecule has 1 aliphatic rings. The van der Waals surface area contributed by atoms with Crippen LogP contribution in [0, 0.1) is 0 Å². The van der Waals surface area contributed by atoms with E-state index in [1.54, 1.807) is 12.3 Å². The molecule has 0 spiro atoms. The Balaban J connectivity index is 1.21. The highest BCUT2D eigenvalue weighted by Gasteiger charge is 2.42. The van der Waals surface area contributed by atoms with Crippen LogP contribution in [-0.2, 0) is 33.8 Å². The van der Waals surface area contributed by atoms with E-state index < -0.39 is 36.5 Å². The van der Waals surface area contributed by atoms with Crippen molar-refractivity contribution in [2.45, 2.75) is 62.0 Å². The van der Waals surface area contributed by atoms with Gasteiger partial charge in [0.25, 0.3) is 0 Å². The van der Waals surface area contributed by atoms with Crippen LogP contribution in [0.25, 0.3) is 0 Å². The molecule has 1 saturated heterocycles. The number of carboxylic acid groups (broad SMARTS) is 1. The molecule has 6 rings (SSSR count). The van der Waals surface area contributed by atoms with Crippen LogP contribution in [0.5, 0.6) is 0 Å². The highest BCUT2D eigenvalue weighted by molar-refractivity contribution is 7.99. The third-order valence-electron chi connectivity index (χ3n) is 9.14. The molecule has 5 unspecified atom stereocenters. The number of urea groups is 1. The van der Waals surface area contributed by atoms with Crippen LogP contribution >= 0.6 is 11.8 Å². The molecule has 4 N–H and O–H groups in total. The molecule has 2 heterocycles. The van der Waals surface area contributed by atoms with Crippen LogP contribution in [0.1, 0.15) is 69.0 Å². The minimum absolute atomic E-state index is 0.0806. The molecule has 2 amide bonds. The van der Waals surface area contributed by atoms with Crippen molar-refractivity contribution in [3.8, 4) is 0 Å². The first-order chi connectivity index (χ1) is 25.8. The number of carboxylic acids is 1. The van der Waals surface area contributed by atoms with Crippen molar-refractivity contribution in [1.82, 2.24) is 15.6 Å². The summed E-state index contributed by atoms with van der Waals surface area (Å²) in [6.07, 6.45) is 0.328. The second-order valence-corrected chi connectivity index (χ2v) is 13.8. The number of benzene rings is 4. The number of rotatable bonds is 14. The minimum Gasteiger partial charge on any atom is -0.478 e. The number of pyridine rings is 1. The smallest absolute Gasteiger partial charge is 0.338 e. The summed E-state index contributed by atoms with van der Waals surface area (Å²) in [4.78, 5) is 41.4. The Morgan fingerprint density at radius 1 is 0.774 bits per heavy atom. The van der Waals surface area contributed by atoms with E-state index in [0.29, 0.717) is 17.2 Å². The number of carbonyl (C=O) groups excluding carboxylic acids is 2. The van der Waals surface area contributed by atoms with Gasteiger partial charge in [0.15, 0.2) is 12.1 Å². The predicted octanol–water partition coefficient (Wildman–Crippen LogP) is 7.00. The molecule has 0 aliphatic carbocycles. The van der Waals surface area contributed by atoms with E-state index in [4.69, 9.17) is 9.47 Å². The summed E-state index contributed by atoms with van der Waals surface area (Å²) in [6.45, 7) is 1.62. The summed E-state index contributed by atoms with van der Waals surface area (Å²) >= 11 is 1.33. The third-order valence-corrected chi connectivity index (χ3v) is 10.2. The van der Waals surface area contributed by atoms with Crippen molar-refractivity contribution >= 4 is 29.5 Å². The average Bonchev–Trinajstić information content (AvgIpc) is 3.19. The number of carbonyl (C=O) groups is 3. The predicted molar refractivity (Wildman–Crippen MR) is 201 cm³/mol. The van der Waals surface area contributed by atoms with Crippen LogP contribution in [0.2, 0.25) is 0 Å². The van der Waals surface area contributed by atoms with Crippen LogP contribution < -0.4 is 10.6 Å². The van der Waals surface area contributed by atoms with Crippen molar-refractivity contribution in [2.75, 3.05) is 5.75 Å². The van der Waals surface area contributed by atoms with Crippen LogP contribution in [-0.4, -0.2) is 50.9 Å². The lowest BCUT2D eigenvalue weighted by Gasteiger charge is -2.43. The number of ether oxygens (including phenoxy) is 2. The number of amides is 2. The normalized spacial score (nSPS) is 18.8. The zero-order valence-corrected chi connectivity index (χ0v) is 29.9. The summed E-state index contributed by atoms with van der Waals surface area (Å²) in [5.41, 5.74) is 5.37. The van der Waals surface area contributed by atoms with E-state index in [1.807, 2.05) is 109 Å². The Bertz CT molecular complexity index is 1980. The van der Waals surface area contributed by atoms with Gasteiger partial charge in [-0.2, -0.15) is 0 Å². The summed E-state index contributed by atoms with van der Waals surface area (Å²) in [5, 5.41) is 25.5. The second-order valence-electron chi connectivity index (χ2n) is 12.8. The first-order valence-corrected chi connectivity index (χ1v) is 18.3. The van der Waals surface area contributed by atoms with Gasteiger partial charge in [0, 0.05) is 30.0 Å². The number of hydrogen-bond acceptors (Lipinski definition) is 8. The maximum absolute atomic E-state index is 12.8. The molecule has 53 heavy (non-hydrogen) atoms. The van der Waals surface area contributed by atoms with E-state index in [0.717, 1.165) is 33.4 Å². The van der Waals surface area contributed by atoms with Gasteiger partial charge in [-0.15, -0.1) is 11.8 Å². The Hall–Kier alpha value is -5.33. The molecule has 0 radical (unpaired) electrons. The van der Waals surface area contributed by atoms with E-state index in [-0.39, 0.29) is 30.4 Å². The molecule has 0 saturated carbocycles. The van der Waals surface area contributed by atoms with E-state index >= 15 is 0 Å². The summed E-state index contributed by atoms with van der Waals surface area (Å²) in [6, 6.07) is 36.8. The molecular formula is C42H41N3O7S. The molecule has 11 heteroatoms. The number of nitrogens with zero attached hydrogens (tertiary/aromatic N) is 1. The van der Waals surface area contributed by atoms with Crippen LogP contribution in [0.4, 0.5) is 4.79 Å². The van der Waals surface area contributed by atoms with Crippen molar-refractivity contribution in [1.29, 1.82) is 0 Å². The zero-order chi connectivity index (χ0) is 37.2. The maximum atomic E-state index is 12.8. The lowest BCUT2D eigenvalue weighted by atomic mass is 9.84. The molecule has 1 fully saturated rings. The lowest BCUT2D eigenvalue weighted by molar-refractivity contribution is -0.255. The van der Waals surface area contributed by atoms with Crippen LogP contribution in [0.15, 0.2) is 133 Å². The van der Waals surface area contributed by atoms with E-state index in [9.17, 15) is 24.6 Å². The monoisotopic (exact) mass is 731 g/mol. The number of aromatic nitrogens is 1. The Morgan fingerprint density at radius 3 is 2.09 bits per heavy atom. The number of ketones is 1. The van der Waals surface area contributed by atoms with E-state index in [1.165, 1.54) is 24.8 Å². The highest BCUT2D eigenvalue weighted by Crippen LogP contribution is 2.48. The zero-order valence-electron chi connectivity index (χ0n) is 29.1. The van der Waals surface area contributed by atoms with Gasteiger partial charge in [-0.05, 0) is 53.3 Å². The summed E-state index contributed by atoms with van der Waals surface area (Å²) in [5.74, 6) is -1.05. The fourth-order valence-electron chi connectivity index (χ4n) is 6.31. The molecule has 5 atom stereocenters. The number of nitrogens with one attached hydrogen (secondary N) is 2. The van der Waals surface area contributed by atoms with Gasteiger partial charge in [0.05, 0.1) is 30.4 Å². The van der Waals surface area contributed by atoms with Gasteiger partial charge >= 0.3 is 12.0 Å². The van der Waals surface area contributed by atoms with Crippen molar-refractivity contribution in [3.05, 3.63) is 166 Å². The minimum atomic E-state index is -1.05. The number of aliphatic hydroxyl groups excluding tert-OH is 1. The van der Waals surface area contributed by atoms with Crippen LogP contribution in [0.3, 0.4) is 0 Å². The van der Waals surface area contributed by atoms with Gasteiger partial charge in [0.2, 0.25) is 0 Å². The fourth-order valence-corrected chi connectivity index (χ4v) is 7.37. The Labute approximate surface area is 312 Å². The quantitative estimate of drug-likeness (QED) is 0.0887. The number of aromatic carboxylic acids is 1.